The van der Waals surface area contributed by atoms with Crippen molar-refractivity contribution in [3.05, 3.63) is 70.1 Å². The van der Waals surface area contributed by atoms with Crippen LogP contribution in [0.2, 0.25) is 5.02 Å². The third-order valence-corrected chi connectivity index (χ3v) is 11.9. The van der Waals surface area contributed by atoms with Crippen molar-refractivity contribution >= 4 is 66.1 Å². The average molecular weight is 651 g/mol. The summed E-state index contributed by atoms with van der Waals surface area (Å²) in [7, 11) is -5.07. The van der Waals surface area contributed by atoms with Crippen LogP contribution < -0.4 is 10.0 Å². The number of rotatable bonds is 9. The average Bonchev–Trinajstić information content (AvgIpc) is 3.67. The number of sulfonamides is 1. The predicted octanol–water partition coefficient (Wildman–Crippen LogP) is 3.41. The van der Waals surface area contributed by atoms with Gasteiger partial charge >= 0.3 is 0 Å². The summed E-state index contributed by atoms with van der Waals surface area (Å²) in [4.78, 5) is 53.6. The summed E-state index contributed by atoms with van der Waals surface area (Å²) >= 11 is 5.86. The Labute approximate surface area is 255 Å². The number of aromatic nitrogens is 1. The molecule has 3 aromatic rings. The number of benzene rings is 2. The van der Waals surface area contributed by atoms with E-state index in [1.54, 1.807) is 16.7 Å². The first kappa shape index (κ1) is 31.0. The van der Waals surface area contributed by atoms with Gasteiger partial charge < -0.3 is 14.8 Å². The second-order valence-corrected chi connectivity index (χ2v) is 18.0. The molecule has 1 aliphatic carbocycles. The van der Waals surface area contributed by atoms with E-state index >= 15 is 0 Å². The lowest BCUT2D eigenvalue weighted by molar-refractivity contribution is -0.138. The highest BCUT2D eigenvalue weighted by Crippen LogP contribution is 2.47. The Kier molecular flexibility index (Phi) is 8.36. The van der Waals surface area contributed by atoms with Gasteiger partial charge in [0.05, 0.1) is 16.1 Å². The number of nitrogens with one attached hydrogen (secondary N) is 2. The van der Waals surface area contributed by atoms with E-state index in [0.29, 0.717) is 35.4 Å². The van der Waals surface area contributed by atoms with Crippen LogP contribution >= 0.6 is 21.6 Å². The molecule has 0 radical (unpaired) electrons. The minimum Gasteiger partial charge on any atom is -0.350 e. The van der Waals surface area contributed by atoms with Crippen molar-refractivity contribution in [1.29, 1.82) is 0 Å². The smallest absolute Gasteiger partial charge is 0.264 e. The van der Waals surface area contributed by atoms with Crippen LogP contribution in [-0.4, -0.2) is 76.8 Å². The summed E-state index contributed by atoms with van der Waals surface area (Å²) in [5.74, 6) is -1.55. The number of amides is 3. The monoisotopic (exact) mass is 650 g/mol. The van der Waals surface area contributed by atoms with E-state index in [4.69, 9.17) is 11.6 Å². The Balaban J connectivity index is 1.36. The summed E-state index contributed by atoms with van der Waals surface area (Å²) in [6.45, 7) is 1.11. The van der Waals surface area contributed by atoms with Gasteiger partial charge in [-0.15, -0.1) is 0 Å². The largest absolute Gasteiger partial charge is 0.350 e. The molecule has 1 atom stereocenters. The van der Waals surface area contributed by atoms with Crippen molar-refractivity contribution in [3.8, 4) is 0 Å². The highest BCUT2D eigenvalue weighted by atomic mass is 35.5. The Morgan fingerprint density at radius 1 is 1.12 bits per heavy atom. The van der Waals surface area contributed by atoms with E-state index < -0.39 is 49.0 Å². The molecule has 2 aliphatic rings. The van der Waals surface area contributed by atoms with Gasteiger partial charge in [-0.3, -0.25) is 19.2 Å². The summed E-state index contributed by atoms with van der Waals surface area (Å²) in [6.07, 6.45) is 6.61. The van der Waals surface area contributed by atoms with Crippen molar-refractivity contribution in [2.45, 2.75) is 44.1 Å². The van der Waals surface area contributed by atoms with Crippen LogP contribution in [-0.2, 0) is 32.7 Å². The van der Waals surface area contributed by atoms with Crippen LogP contribution in [0.15, 0.2) is 42.6 Å². The van der Waals surface area contributed by atoms with Gasteiger partial charge in [-0.25, -0.2) is 27.6 Å². The zero-order chi connectivity index (χ0) is 31.3. The van der Waals surface area contributed by atoms with Crippen LogP contribution in [0, 0.1) is 5.82 Å². The molecule has 230 valence electrons. The van der Waals surface area contributed by atoms with Crippen LogP contribution in [0.1, 0.15) is 46.0 Å². The molecule has 5 rings (SSSR count). The van der Waals surface area contributed by atoms with Crippen molar-refractivity contribution in [2.24, 2.45) is 0 Å². The standard InChI is InChI=1S/C29H32ClFN4O6S2/c1-17(36)22-13-34(24-10-7-18(11-21(22)24)28(38)33-43(40,41)20-8-9-20)14-26(37)35-16-42(2,3)15-25(35)29(39)32-12-19-5-4-6-23(30)27(19)31/h4-7,10-11,13,20,25H,8-9,12,14-16H2,1-3H3,(H,32,39)(H,33,38)/t25-/m0/s1. The van der Waals surface area contributed by atoms with E-state index in [-0.39, 0.29) is 46.5 Å². The molecule has 0 unspecified atom stereocenters. The van der Waals surface area contributed by atoms with Gasteiger partial charge in [0.2, 0.25) is 21.8 Å². The highest BCUT2D eigenvalue weighted by molar-refractivity contribution is 8.32. The number of carbonyl (C=O) groups excluding carboxylic acids is 4. The Morgan fingerprint density at radius 2 is 1.84 bits per heavy atom. The van der Waals surface area contributed by atoms with Crippen molar-refractivity contribution < 1.29 is 32.0 Å². The van der Waals surface area contributed by atoms with Crippen molar-refractivity contribution in [3.63, 3.8) is 0 Å². The Morgan fingerprint density at radius 3 is 2.51 bits per heavy atom. The van der Waals surface area contributed by atoms with Gasteiger partial charge in [-0.1, -0.05) is 23.7 Å². The molecule has 1 aromatic heterocycles. The molecule has 1 saturated carbocycles. The SMILES string of the molecule is CC(=O)c1cn(CC(=O)N2CS(C)(C)C[C@H]2C(=O)NCc2cccc(Cl)c2F)c2ccc(C(=O)NS(=O)(=O)C3CC3)cc12. The topological polar surface area (TPSA) is 135 Å². The molecule has 2 fully saturated rings. The fourth-order valence-corrected chi connectivity index (χ4v) is 9.08. The molecule has 1 aliphatic heterocycles. The third-order valence-electron chi connectivity index (χ3n) is 7.61. The molecule has 14 heteroatoms. The molecule has 10 nitrogen and oxygen atoms in total. The predicted molar refractivity (Wildman–Crippen MR) is 164 cm³/mol. The molecule has 43 heavy (non-hydrogen) atoms. The fraction of sp³-hybridized carbons (Fsp3) is 0.379. The van der Waals surface area contributed by atoms with Crippen molar-refractivity contribution in [1.82, 2.24) is 19.5 Å². The zero-order valence-corrected chi connectivity index (χ0v) is 26.2. The van der Waals surface area contributed by atoms with E-state index in [0.717, 1.165) is 0 Å². The summed E-state index contributed by atoms with van der Waals surface area (Å²) in [5, 5.41) is 2.53. The van der Waals surface area contributed by atoms with Crippen molar-refractivity contribution in [2.75, 3.05) is 24.1 Å². The first-order valence-electron chi connectivity index (χ1n) is 13.6. The molecular formula is C29H32ClFN4O6S2. The summed E-state index contributed by atoms with van der Waals surface area (Å²) in [6, 6.07) is 8.24. The van der Waals surface area contributed by atoms with Gasteiger partial charge in [0.15, 0.2) is 5.78 Å². The maximum Gasteiger partial charge on any atom is 0.264 e. The number of fused-ring (bicyclic) bond motifs is 1. The number of nitrogens with zero attached hydrogens (tertiary/aromatic N) is 2. The molecule has 3 amide bonds. The minimum absolute atomic E-state index is 0.0464. The first-order valence-corrected chi connectivity index (χ1v) is 18.3. The minimum atomic E-state index is -3.76. The second kappa shape index (κ2) is 11.6. The number of Topliss-reactive ketones (excluding diaryl/α,β-unsaturated/α-hetero) is 1. The van der Waals surface area contributed by atoms with Gasteiger partial charge in [0.25, 0.3) is 5.91 Å². The van der Waals surface area contributed by atoms with Crippen LogP contribution in [0.3, 0.4) is 0 Å². The van der Waals surface area contributed by atoms with E-state index in [2.05, 4.69) is 10.0 Å². The Hall–Kier alpha value is -3.42. The van der Waals surface area contributed by atoms with E-state index in [1.807, 2.05) is 12.5 Å². The lowest BCUT2D eigenvalue weighted by Gasteiger charge is -2.25. The molecule has 2 aromatic carbocycles. The van der Waals surface area contributed by atoms with Gasteiger partial charge in [-0.2, -0.15) is 0 Å². The lowest BCUT2D eigenvalue weighted by atomic mass is 10.1. The van der Waals surface area contributed by atoms with Gasteiger partial charge in [0.1, 0.15) is 18.4 Å². The van der Waals surface area contributed by atoms with E-state index in [9.17, 15) is 32.0 Å². The zero-order valence-electron chi connectivity index (χ0n) is 23.9. The lowest BCUT2D eigenvalue weighted by Crippen LogP contribution is -2.48. The van der Waals surface area contributed by atoms with Crippen LogP contribution in [0.5, 0.6) is 0 Å². The molecule has 1 saturated heterocycles. The number of halogens is 2. The van der Waals surface area contributed by atoms with Crippen LogP contribution in [0.4, 0.5) is 4.39 Å². The first-order chi connectivity index (χ1) is 20.2. The maximum atomic E-state index is 14.3. The second-order valence-electron chi connectivity index (χ2n) is 11.5. The van der Waals surface area contributed by atoms with Gasteiger partial charge in [0, 0.05) is 46.1 Å². The molecular weight excluding hydrogens is 619 g/mol. The quantitative estimate of drug-likeness (QED) is 0.341. The summed E-state index contributed by atoms with van der Waals surface area (Å²) in [5.41, 5.74) is 1.08. The molecule has 0 bridgehead atoms. The third kappa shape index (κ3) is 6.58. The number of hydrogen-bond donors (Lipinski definition) is 2. The van der Waals surface area contributed by atoms with Gasteiger partial charge in [-0.05, 0) is 56.5 Å². The van der Waals surface area contributed by atoms with Crippen LogP contribution in [0.25, 0.3) is 10.9 Å². The summed E-state index contributed by atoms with van der Waals surface area (Å²) < 4.78 is 42.5. The molecule has 0 spiro atoms. The number of ketones is 1. The van der Waals surface area contributed by atoms with E-state index in [1.165, 1.54) is 42.3 Å². The highest BCUT2D eigenvalue weighted by Gasteiger charge is 2.41. The fourth-order valence-electron chi connectivity index (χ4n) is 5.22. The Bertz CT molecular complexity index is 1770. The number of hydrogen-bond acceptors (Lipinski definition) is 6. The maximum absolute atomic E-state index is 14.3. The molecule has 2 heterocycles. The normalized spacial score (nSPS) is 18.8. The number of carbonyl (C=O) groups is 4. The molecule has 2 N–H and O–H groups in total.